The van der Waals surface area contributed by atoms with Crippen LogP contribution in [0.5, 0.6) is 5.75 Å². The molecule has 2 heterocycles. The summed E-state index contributed by atoms with van der Waals surface area (Å²) in [4.78, 5) is 13.8. The van der Waals surface area contributed by atoms with Gasteiger partial charge in [0.15, 0.2) is 0 Å². The lowest BCUT2D eigenvalue weighted by atomic mass is 10.2. The number of nitrogens with one attached hydrogen (secondary N) is 2. The zero-order valence-corrected chi connectivity index (χ0v) is 16.1. The summed E-state index contributed by atoms with van der Waals surface area (Å²) < 4.78 is 5.51. The highest BCUT2D eigenvalue weighted by Gasteiger charge is 2.17. The molecule has 0 unspecified atom stereocenters. The molecule has 0 radical (unpaired) electrons. The van der Waals surface area contributed by atoms with E-state index in [-0.39, 0.29) is 0 Å². The zero-order chi connectivity index (χ0) is 19.2. The number of aromatic nitrogens is 3. The summed E-state index contributed by atoms with van der Waals surface area (Å²) in [6.07, 6.45) is 6.63. The van der Waals surface area contributed by atoms with Gasteiger partial charge >= 0.3 is 0 Å². The van der Waals surface area contributed by atoms with Crippen LogP contribution in [0.2, 0.25) is 0 Å². The fourth-order valence-electron chi connectivity index (χ4n) is 3.42. The molecule has 0 aliphatic heterocycles. The topological polar surface area (TPSA) is 72.0 Å². The maximum absolute atomic E-state index is 5.51. The van der Waals surface area contributed by atoms with Gasteiger partial charge < -0.3 is 15.4 Å². The minimum Gasteiger partial charge on any atom is -0.494 e. The second-order valence-corrected chi connectivity index (χ2v) is 6.89. The predicted molar refractivity (Wildman–Crippen MR) is 112 cm³/mol. The summed E-state index contributed by atoms with van der Waals surface area (Å²) in [5.74, 6) is 2.23. The summed E-state index contributed by atoms with van der Waals surface area (Å²) in [5, 5.41) is 6.87. The molecule has 1 fully saturated rings. The van der Waals surface area contributed by atoms with E-state index in [1.807, 2.05) is 55.5 Å². The number of hydrogen-bond acceptors (Lipinski definition) is 6. The molecule has 28 heavy (non-hydrogen) atoms. The average Bonchev–Trinajstić information content (AvgIpc) is 3.23. The molecule has 6 nitrogen and oxygen atoms in total. The third kappa shape index (κ3) is 4.57. The van der Waals surface area contributed by atoms with Crippen LogP contribution in [-0.2, 0) is 0 Å². The Labute approximate surface area is 165 Å². The van der Waals surface area contributed by atoms with Crippen molar-refractivity contribution in [2.75, 3.05) is 17.2 Å². The third-order valence-electron chi connectivity index (χ3n) is 4.78. The van der Waals surface area contributed by atoms with E-state index in [4.69, 9.17) is 9.72 Å². The van der Waals surface area contributed by atoms with Crippen molar-refractivity contribution in [2.45, 2.75) is 38.6 Å². The lowest BCUT2D eigenvalue weighted by Gasteiger charge is -2.15. The number of benzene rings is 1. The Hall–Kier alpha value is -3.15. The summed E-state index contributed by atoms with van der Waals surface area (Å²) in [5.41, 5.74) is 2.57. The molecule has 1 aromatic carbocycles. The van der Waals surface area contributed by atoms with Crippen molar-refractivity contribution >= 4 is 17.5 Å². The summed E-state index contributed by atoms with van der Waals surface area (Å²) >= 11 is 0. The third-order valence-corrected chi connectivity index (χ3v) is 4.78. The Morgan fingerprint density at radius 3 is 2.54 bits per heavy atom. The van der Waals surface area contributed by atoms with E-state index in [2.05, 4.69) is 20.6 Å². The van der Waals surface area contributed by atoms with E-state index in [9.17, 15) is 0 Å². The van der Waals surface area contributed by atoms with Crippen LogP contribution in [-0.4, -0.2) is 27.6 Å². The van der Waals surface area contributed by atoms with Gasteiger partial charge in [-0.05, 0) is 56.2 Å². The molecule has 0 saturated heterocycles. The maximum atomic E-state index is 5.51. The van der Waals surface area contributed by atoms with Crippen LogP contribution in [0.25, 0.3) is 11.4 Å². The van der Waals surface area contributed by atoms with Gasteiger partial charge in [0.05, 0.1) is 18.0 Å². The van der Waals surface area contributed by atoms with Gasteiger partial charge in [0.1, 0.15) is 11.6 Å². The van der Waals surface area contributed by atoms with Crippen LogP contribution >= 0.6 is 0 Å². The highest BCUT2D eigenvalue weighted by atomic mass is 16.5. The van der Waals surface area contributed by atoms with Crippen molar-refractivity contribution < 1.29 is 4.74 Å². The second kappa shape index (κ2) is 8.69. The molecule has 1 saturated carbocycles. The molecule has 0 atom stereocenters. The van der Waals surface area contributed by atoms with Crippen LogP contribution < -0.4 is 15.4 Å². The molecule has 144 valence electrons. The molecule has 3 aromatic rings. The first-order valence-corrected chi connectivity index (χ1v) is 9.87. The van der Waals surface area contributed by atoms with Gasteiger partial charge in [-0.2, -0.15) is 4.98 Å². The number of pyridine rings is 1. The highest BCUT2D eigenvalue weighted by molar-refractivity contribution is 5.65. The summed E-state index contributed by atoms with van der Waals surface area (Å²) in [7, 11) is 0. The van der Waals surface area contributed by atoms with Gasteiger partial charge in [-0.3, -0.25) is 4.98 Å². The average molecular weight is 375 g/mol. The number of nitrogens with zero attached hydrogens (tertiary/aromatic N) is 3. The van der Waals surface area contributed by atoms with Crippen molar-refractivity contribution in [1.82, 2.24) is 15.0 Å². The molecular weight excluding hydrogens is 350 g/mol. The van der Waals surface area contributed by atoms with Gasteiger partial charge in [0.25, 0.3) is 0 Å². The lowest BCUT2D eigenvalue weighted by molar-refractivity contribution is 0.340. The van der Waals surface area contributed by atoms with E-state index in [0.717, 1.165) is 28.6 Å². The maximum Gasteiger partial charge on any atom is 0.225 e. The first kappa shape index (κ1) is 18.2. The van der Waals surface area contributed by atoms with Crippen LogP contribution in [0.4, 0.5) is 17.5 Å². The standard InChI is InChI=1S/C22H25N5O/c1-2-28-18-12-10-17(11-13-18)24-21-15-20(19-9-5-6-14-23-19)26-22(27-21)25-16-7-3-4-8-16/h5-6,9-16H,2-4,7-8H2,1H3,(H2,24,25,26,27). The van der Waals surface area contributed by atoms with Gasteiger partial charge in [0, 0.05) is 24.0 Å². The first-order chi connectivity index (χ1) is 13.8. The number of ether oxygens (including phenoxy) is 1. The van der Waals surface area contributed by atoms with Crippen molar-refractivity contribution in [3.63, 3.8) is 0 Å². The number of hydrogen-bond donors (Lipinski definition) is 2. The fraction of sp³-hybridized carbons (Fsp3) is 0.318. The van der Waals surface area contributed by atoms with Crippen molar-refractivity contribution in [1.29, 1.82) is 0 Å². The Kier molecular flexibility index (Phi) is 5.66. The normalized spacial score (nSPS) is 14.0. The van der Waals surface area contributed by atoms with E-state index in [0.29, 0.717) is 18.6 Å². The van der Waals surface area contributed by atoms with Crippen LogP contribution in [0.15, 0.2) is 54.7 Å². The molecule has 4 rings (SSSR count). The van der Waals surface area contributed by atoms with Crippen LogP contribution in [0.3, 0.4) is 0 Å². The molecule has 1 aliphatic rings. The first-order valence-electron chi connectivity index (χ1n) is 9.87. The van der Waals surface area contributed by atoms with E-state index < -0.39 is 0 Å². The van der Waals surface area contributed by atoms with Crippen LogP contribution in [0, 0.1) is 0 Å². The van der Waals surface area contributed by atoms with Crippen molar-refractivity contribution in [3.05, 3.63) is 54.7 Å². The predicted octanol–water partition coefficient (Wildman–Crippen LogP) is 5.04. The molecule has 1 aliphatic carbocycles. The molecule has 2 aromatic heterocycles. The van der Waals surface area contributed by atoms with E-state index >= 15 is 0 Å². The minimum atomic E-state index is 0.442. The molecule has 6 heteroatoms. The molecule has 0 amide bonds. The second-order valence-electron chi connectivity index (χ2n) is 6.89. The SMILES string of the molecule is CCOc1ccc(Nc2cc(-c3ccccn3)nc(NC3CCCC3)n2)cc1. The monoisotopic (exact) mass is 375 g/mol. The summed E-state index contributed by atoms with van der Waals surface area (Å²) in [6.45, 7) is 2.63. The fourth-order valence-corrected chi connectivity index (χ4v) is 3.42. The Balaban J connectivity index is 1.60. The van der Waals surface area contributed by atoms with Crippen LogP contribution in [0.1, 0.15) is 32.6 Å². The van der Waals surface area contributed by atoms with Gasteiger partial charge in [-0.1, -0.05) is 18.9 Å². The highest BCUT2D eigenvalue weighted by Crippen LogP contribution is 2.26. The summed E-state index contributed by atoms with van der Waals surface area (Å²) in [6, 6.07) is 16.1. The molecule has 0 spiro atoms. The molecule has 2 N–H and O–H groups in total. The minimum absolute atomic E-state index is 0.442. The van der Waals surface area contributed by atoms with E-state index in [1.165, 1.54) is 25.7 Å². The Bertz CT molecular complexity index is 893. The smallest absolute Gasteiger partial charge is 0.225 e. The Morgan fingerprint density at radius 1 is 1.00 bits per heavy atom. The van der Waals surface area contributed by atoms with Gasteiger partial charge in [-0.15, -0.1) is 0 Å². The molecular formula is C22H25N5O. The van der Waals surface area contributed by atoms with Crippen molar-refractivity contribution in [2.24, 2.45) is 0 Å². The van der Waals surface area contributed by atoms with E-state index in [1.54, 1.807) is 6.20 Å². The van der Waals surface area contributed by atoms with Crippen molar-refractivity contribution in [3.8, 4) is 17.1 Å². The quantitative estimate of drug-likeness (QED) is 0.603. The number of anilines is 3. The lowest BCUT2D eigenvalue weighted by Crippen LogP contribution is -2.17. The van der Waals surface area contributed by atoms with Gasteiger partial charge in [-0.25, -0.2) is 4.98 Å². The number of rotatable bonds is 7. The molecule has 0 bridgehead atoms. The largest absolute Gasteiger partial charge is 0.494 e. The van der Waals surface area contributed by atoms with Gasteiger partial charge in [0.2, 0.25) is 5.95 Å². The zero-order valence-electron chi connectivity index (χ0n) is 16.1. The Morgan fingerprint density at radius 2 is 1.82 bits per heavy atom.